The van der Waals surface area contributed by atoms with Crippen LogP contribution in [0.15, 0.2) is 53.5 Å². The van der Waals surface area contributed by atoms with Gasteiger partial charge in [-0.3, -0.25) is 4.99 Å². The predicted molar refractivity (Wildman–Crippen MR) is 98.3 cm³/mol. The number of nitrogens with one attached hydrogen (secondary N) is 1. The zero-order valence-corrected chi connectivity index (χ0v) is 14.2. The Morgan fingerprint density at radius 3 is 2.62 bits per heavy atom. The molecule has 0 radical (unpaired) electrons. The van der Waals surface area contributed by atoms with Gasteiger partial charge in [0.25, 0.3) is 0 Å². The van der Waals surface area contributed by atoms with E-state index < -0.39 is 0 Å². The number of guanidine groups is 1. The van der Waals surface area contributed by atoms with Crippen LogP contribution in [0.3, 0.4) is 0 Å². The second-order valence-electron chi connectivity index (χ2n) is 6.18. The molecule has 2 N–H and O–H groups in total. The molecule has 0 spiro atoms. The summed E-state index contributed by atoms with van der Waals surface area (Å²) in [5, 5.41) is 12.8. The zero-order chi connectivity index (χ0) is 16.8. The lowest BCUT2D eigenvalue weighted by Crippen LogP contribution is -2.44. The van der Waals surface area contributed by atoms with Crippen LogP contribution < -0.4 is 5.32 Å². The van der Waals surface area contributed by atoms with Gasteiger partial charge in [-0.05, 0) is 48.1 Å². The van der Waals surface area contributed by atoms with Crippen LogP contribution in [0.5, 0.6) is 5.75 Å². The number of fused-ring (bicyclic) bond motifs is 1. The third-order valence-electron chi connectivity index (χ3n) is 4.50. The van der Waals surface area contributed by atoms with Gasteiger partial charge in [0.2, 0.25) is 0 Å². The number of hydrogen-bond acceptors (Lipinski definition) is 2. The normalized spacial score (nSPS) is 14.4. The minimum atomic E-state index is 0.322. The topological polar surface area (TPSA) is 47.9 Å². The first-order valence-electron chi connectivity index (χ1n) is 8.56. The van der Waals surface area contributed by atoms with Crippen molar-refractivity contribution in [2.75, 3.05) is 20.1 Å². The summed E-state index contributed by atoms with van der Waals surface area (Å²) in [5.41, 5.74) is 4.10. The van der Waals surface area contributed by atoms with Crippen molar-refractivity contribution in [3.8, 4) is 5.75 Å². The summed E-state index contributed by atoms with van der Waals surface area (Å²) in [4.78, 5) is 6.76. The number of aryl methyl sites for hydroxylation is 1. The molecule has 0 saturated heterocycles. The molecule has 0 atom stereocenters. The predicted octanol–water partition coefficient (Wildman–Crippen LogP) is 2.96. The molecule has 0 amide bonds. The first-order valence-corrected chi connectivity index (χ1v) is 8.56. The Kier molecular flexibility index (Phi) is 5.36. The van der Waals surface area contributed by atoms with E-state index in [1.165, 1.54) is 16.7 Å². The van der Waals surface area contributed by atoms with Gasteiger partial charge in [0.1, 0.15) is 5.75 Å². The average molecular weight is 323 g/mol. The van der Waals surface area contributed by atoms with Crippen molar-refractivity contribution in [2.24, 2.45) is 4.99 Å². The fourth-order valence-electron chi connectivity index (χ4n) is 3.16. The number of benzene rings is 2. The third-order valence-corrected chi connectivity index (χ3v) is 4.50. The zero-order valence-electron chi connectivity index (χ0n) is 14.2. The lowest BCUT2D eigenvalue weighted by atomic mass is 10.0. The number of hydrogen-bond donors (Lipinski definition) is 2. The van der Waals surface area contributed by atoms with Crippen LogP contribution in [0, 0.1) is 0 Å². The highest BCUT2D eigenvalue weighted by Crippen LogP contribution is 2.18. The van der Waals surface area contributed by atoms with Crippen LogP contribution >= 0.6 is 0 Å². The van der Waals surface area contributed by atoms with Crippen molar-refractivity contribution >= 4 is 5.96 Å². The Bertz CT molecular complexity index is 694. The van der Waals surface area contributed by atoms with Crippen LogP contribution in [0.2, 0.25) is 0 Å². The van der Waals surface area contributed by atoms with Gasteiger partial charge < -0.3 is 15.3 Å². The summed E-state index contributed by atoms with van der Waals surface area (Å²) < 4.78 is 0. The van der Waals surface area contributed by atoms with E-state index >= 15 is 0 Å². The molecule has 4 nitrogen and oxygen atoms in total. The molecule has 0 aromatic heterocycles. The monoisotopic (exact) mass is 323 g/mol. The molecule has 0 aliphatic carbocycles. The lowest BCUT2D eigenvalue weighted by molar-refractivity contribution is 0.378. The fraction of sp³-hybridized carbons (Fsp3) is 0.350. The van der Waals surface area contributed by atoms with Crippen molar-refractivity contribution in [2.45, 2.75) is 25.8 Å². The lowest BCUT2D eigenvalue weighted by Gasteiger charge is -2.31. The molecule has 2 aromatic rings. The van der Waals surface area contributed by atoms with Gasteiger partial charge in [-0.1, -0.05) is 36.4 Å². The average Bonchev–Trinajstić information content (AvgIpc) is 2.63. The van der Waals surface area contributed by atoms with Crippen LogP contribution in [-0.4, -0.2) is 36.1 Å². The highest BCUT2D eigenvalue weighted by molar-refractivity contribution is 5.80. The molecule has 0 bridgehead atoms. The number of phenols is 1. The van der Waals surface area contributed by atoms with Crippen LogP contribution in [0.25, 0.3) is 0 Å². The molecular weight excluding hydrogens is 298 g/mol. The summed E-state index contributed by atoms with van der Waals surface area (Å²) in [6.07, 6.45) is 3.10. The number of aliphatic imine (C=N–C) groups is 1. The Balaban J connectivity index is 1.48. The SMILES string of the molecule is CN=C(NCCCc1ccc(O)cc1)N1CCc2ccccc2C1. The van der Waals surface area contributed by atoms with Crippen molar-refractivity contribution in [3.05, 3.63) is 65.2 Å². The van der Waals surface area contributed by atoms with Crippen molar-refractivity contribution in [3.63, 3.8) is 0 Å². The molecule has 3 rings (SSSR count). The molecular formula is C20H25N3O. The van der Waals surface area contributed by atoms with Gasteiger partial charge in [-0.25, -0.2) is 0 Å². The molecule has 126 valence electrons. The smallest absolute Gasteiger partial charge is 0.193 e. The van der Waals surface area contributed by atoms with Crippen LogP contribution in [0.1, 0.15) is 23.1 Å². The summed E-state index contributed by atoms with van der Waals surface area (Å²) in [5.74, 6) is 1.30. The maximum absolute atomic E-state index is 9.31. The van der Waals surface area contributed by atoms with E-state index in [1.54, 1.807) is 12.1 Å². The number of nitrogens with zero attached hydrogens (tertiary/aromatic N) is 2. The summed E-state index contributed by atoms with van der Waals surface area (Å²) in [7, 11) is 1.85. The Labute approximate surface area is 143 Å². The highest BCUT2D eigenvalue weighted by atomic mass is 16.3. The minimum absolute atomic E-state index is 0.322. The van der Waals surface area contributed by atoms with Gasteiger partial charge in [-0.2, -0.15) is 0 Å². The Morgan fingerprint density at radius 1 is 1.12 bits per heavy atom. The van der Waals surface area contributed by atoms with Gasteiger partial charge in [0.15, 0.2) is 5.96 Å². The quantitative estimate of drug-likeness (QED) is 0.517. The van der Waals surface area contributed by atoms with Gasteiger partial charge in [0, 0.05) is 26.7 Å². The molecule has 4 heteroatoms. The third kappa shape index (κ3) is 4.07. The van der Waals surface area contributed by atoms with Gasteiger partial charge in [0.05, 0.1) is 0 Å². The second kappa shape index (κ2) is 7.86. The highest BCUT2D eigenvalue weighted by Gasteiger charge is 2.18. The molecule has 1 aliphatic heterocycles. The summed E-state index contributed by atoms with van der Waals surface area (Å²) in [6.45, 7) is 2.83. The molecule has 1 heterocycles. The van der Waals surface area contributed by atoms with Crippen molar-refractivity contribution < 1.29 is 5.11 Å². The van der Waals surface area contributed by atoms with Gasteiger partial charge in [-0.15, -0.1) is 0 Å². The Morgan fingerprint density at radius 2 is 1.88 bits per heavy atom. The van der Waals surface area contributed by atoms with Crippen molar-refractivity contribution in [1.29, 1.82) is 0 Å². The largest absolute Gasteiger partial charge is 0.508 e. The molecule has 24 heavy (non-hydrogen) atoms. The Hall–Kier alpha value is -2.49. The molecule has 1 aliphatic rings. The first kappa shape index (κ1) is 16.4. The molecule has 0 unspecified atom stereocenters. The van der Waals surface area contributed by atoms with E-state index in [4.69, 9.17) is 0 Å². The van der Waals surface area contributed by atoms with Gasteiger partial charge >= 0.3 is 0 Å². The second-order valence-corrected chi connectivity index (χ2v) is 6.18. The standard InChI is InChI=1S/C20H25N3O/c1-21-20(22-13-4-5-16-8-10-19(24)11-9-16)23-14-12-17-6-2-3-7-18(17)15-23/h2-3,6-11,24H,4-5,12-15H2,1H3,(H,21,22). The number of aromatic hydroxyl groups is 1. The van der Waals surface area contributed by atoms with E-state index in [0.717, 1.165) is 44.9 Å². The fourth-order valence-corrected chi connectivity index (χ4v) is 3.16. The van der Waals surface area contributed by atoms with E-state index in [-0.39, 0.29) is 0 Å². The van der Waals surface area contributed by atoms with E-state index in [9.17, 15) is 5.11 Å². The maximum atomic E-state index is 9.31. The number of phenolic OH excluding ortho intramolecular Hbond substituents is 1. The van der Waals surface area contributed by atoms with E-state index in [1.807, 2.05) is 19.2 Å². The molecule has 0 fully saturated rings. The first-order chi connectivity index (χ1) is 11.8. The summed E-state index contributed by atoms with van der Waals surface area (Å²) in [6, 6.07) is 16.1. The maximum Gasteiger partial charge on any atom is 0.193 e. The summed E-state index contributed by atoms with van der Waals surface area (Å²) >= 11 is 0. The molecule has 0 saturated carbocycles. The van der Waals surface area contributed by atoms with Crippen LogP contribution in [-0.2, 0) is 19.4 Å². The van der Waals surface area contributed by atoms with Crippen molar-refractivity contribution in [1.82, 2.24) is 10.2 Å². The van der Waals surface area contributed by atoms with E-state index in [2.05, 4.69) is 39.5 Å². The van der Waals surface area contributed by atoms with E-state index in [0.29, 0.717) is 5.75 Å². The molecule has 2 aromatic carbocycles. The minimum Gasteiger partial charge on any atom is -0.508 e. The van der Waals surface area contributed by atoms with Crippen LogP contribution in [0.4, 0.5) is 0 Å². The number of rotatable bonds is 4.